The van der Waals surface area contributed by atoms with E-state index < -0.39 is 0 Å². The summed E-state index contributed by atoms with van der Waals surface area (Å²) in [4.78, 5) is 7.20. The van der Waals surface area contributed by atoms with Crippen molar-refractivity contribution >= 4 is 17.7 Å². The van der Waals surface area contributed by atoms with Gasteiger partial charge in [0.2, 0.25) is 0 Å². The van der Waals surface area contributed by atoms with Crippen molar-refractivity contribution in [2.24, 2.45) is 0 Å². The van der Waals surface area contributed by atoms with Crippen molar-refractivity contribution in [1.29, 1.82) is 0 Å². The molecule has 0 bridgehead atoms. The molecule has 1 aliphatic rings. The molecule has 0 unspecified atom stereocenters. The van der Waals surface area contributed by atoms with Gasteiger partial charge in [0, 0.05) is 17.9 Å². The van der Waals surface area contributed by atoms with Gasteiger partial charge in [0.25, 0.3) is 0 Å². The molecule has 0 amide bonds. The predicted molar refractivity (Wildman–Crippen MR) is 42.9 cm³/mol. The number of aromatic amines is 1. The molecule has 0 aromatic carbocycles. The number of aryl methyl sites for hydroxylation is 1. The number of hydrogen-bond acceptors (Lipinski definition) is 3. The second-order valence-electron chi connectivity index (χ2n) is 2.35. The van der Waals surface area contributed by atoms with Gasteiger partial charge >= 0.3 is 0 Å². The van der Waals surface area contributed by atoms with E-state index in [4.69, 9.17) is 5.73 Å². The maximum Gasteiger partial charge on any atom is 0.197 e. The van der Waals surface area contributed by atoms with Crippen LogP contribution >= 0.6 is 11.8 Å². The summed E-state index contributed by atoms with van der Waals surface area (Å²) in [6.45, 7) is 0. The number of anilines is 1. The first-order chi connectivity index (χ1) is 4.86. The Hall–Kier alpha value is -0.640. The zero-order valence-electron chi connectivity index (χ0n) is 5.55. The Morgan fingerprint density at radius 2 is 2.50 bits per heavy atom. The van der Waals surface area contributed by atoms with E-state index in [1.54, 1.807) is 0 Å². The van der Waals surface area contributed by atoms with Crippen LogP contribution in [0.3, 0.4) is 0 Å². The van der Waals surface area contributed by atoms with Crippen molar-refractivity contribution in [2.75, 3.05) is 11.5 Å². The van der Waals surface area contributed by atoms with E-state index in [0.29, 0.717) is 5.95 Å². The summed E-state index contributed by atoms with van der Waals surface area (Å²) in [6, 6.07) is 0. The molecule has 54 valence electrons. The maximum absolute atomic E-state index is 5.48. The molecule has 0 saturated carbocycles. The average molecular weight is 155 g/mol. The third-order valence-corrected chi connectivity index (χ3v) is 2.60. The van der Waals surface area contributed by atoms with Crippen molar-refractivity contribution in [2.45, 2.75) is 12.2 Å². The monoisotopic (exact) mass is 155 g/mol. The Morgan fingerprint density at radius 1 is 1.60 bits per heavy atom. The minimum atomic E-state index is 0.563. The molecule has 1 aromatic rings. The molecule has 1 aliphatic heterocycles. The van der Waals surface area contributed by atoms with E-state index in [-0.39, 0.29) is 0 Å². The molecular formula is C6H9N3S. The Bertz CT molecular complexity index is 220. The minimum absolute atomic E-state index is 0.563. The second kappa shape index (κ2) is 2.20. The van der Waals surface area contributed by atoms with E-state index in [1.165, 1.54) is 11.4 Å². The highest BCUT2D eigenvalue weighted by Crippen LogP contribution is 2.22. The lowest BCUT2D eigenvalue weighted by Crippen LogP contribution is -2.00. The molecule has 2 rings (SSSR count). The number of aromatic nitrogens is 2. The van der Waals surface area contributed by atoms with E-state index in [9.17, 15) is 0 Å². The lowest BCUT2D eigenvalue weighted by Gasteiger charge is -2.07. The molecule has 3 N–H and O–H groups in total. The molecule has 0 aliphatic carbocycles. The van der Waals surface area contributed by atoms with Crippen LogP contribution in [0.1, 0.15) is 11.4 Å². The molecule has 0 spiro atoms. The van der Waals surface area contributed by atoms with Crippen LogP contribution in [-0.4, -0.2) is 15.7 Å². The van der Waals surface area contributed by atoms with Crippen molar-refractivity contribution in [3.8, 4) is 0 Å². The highest BCUT2D eigenvalue weighted by Gasteiger charge is 2.12. The molecule has 0 fully saturated rings. The number of rotatable bonds is 0. The molecule has 3 nitrogen and oxygen atoms in total. The smallest absolute Gasteiger partial charge is 0.197 e. The Balaban J connectivity index is 2.41. The van der Waals surface area contributed by atoms with Gasteiger partial charge in [-0.05, 0) is 5.75 Å². The van der Waals surface area contributed by atoms with Crippen LogP contribution in [-0.2, 0) is 12.2 Å². The Labute approximate surface area is 63.4 Å². The molecular weight excluding hydrogens is 146 g/mol. The summed E-state index contributed by atoms with van der Waals surface area (Å²) >= 11 is 1.92. The fourth-order valence-electron chi connectivity index (χ4n) is 1.14. The number of thioether (sulfide) groups is 1. The Morgan fingerprint density at radius 3 is 3.30 bits per heavy atom. The lowest BCUT2D eigenvalue weighted by molar-refractivity contribution is 1.02. The zero-order valence-corrected chi connectivity index (χ0v) is 6.37. The number of nitrogen functional groups attached to an aromatic ring is 1. The number of fused-ring (bicyclic) bond motifs is 1. The number of nitrogens with zero attached hydrogens (tertiary/aromatic N) is 1. The number of nitrogens with two attached hydrogens (primary N) is 1. The van der Waals surface area contributed by atoms with Crippen LogP contribution in [0.25, 0.3) is 0 Å². The first kappa shape index (κ1) is 6.09. The number of hydrogen-bond donors (Lipinski definition) is 2. The largest absolute Gasteiger partial charge is 0.369 e. The normalized spacial score (nSPS) is 16.8. The summed E-state index contributed by atoms with van der Waals surface area (Å²) in [6.07, 6.45) is 1.06. The fourth-order valence-corrected chi connectivity index (χ4v) is 2.06. The minimum Gasteiger partial charge on any atom is -0.369 e. The SMILES string of the molecule is Nc1nc2c([nH]1)CSCC2. The van der Waals surface area contributed by atoms with Gasteiger partial charge in [0.1, 0.15) is 0 Å². The molecule has 2 heterocycles. The van der Waals surface area contributed by atoms with Gasteiger partial charge in [-0.2, -0.15) is 11.8 Å². The highest BCUT2D eigenvalue weighted by molar-refractivity contribution is 7.98. The van der Waals surface area contributed by atoms with Crippen molar-refractivity contribution in [3.05, 3.63) is 11.4 Å². The maximum atomic E-state index is 5.48. The van der Waals surface area contributed by atoms with Gasteiger partial charge in [0.15, 0.2) is 5.95 Å². The molecule has 0 saturated heterocycles. The third kappa shape index (κ3) is 0.883. The third-order valence-electron chi connectivity index (χ3n) is 1.61. The lowest BCUT2D eigenvalue weighted by atomic mass is 10.3. The summed E-state index contributed by atoms with van der Waals surface area (Å²) in [5.74, 6) is 2.78. The van der Waals surface area contributed by atoms with Gasteiger partial charge in [-0.3, -0.25) is 0 Å². The van der Waals surface area contributed by atoms with Gasteiger partial charge in [-0.25, -0.2) is 4.98 Å². The van der Waals surface area contributed by atoms with Crippen molar-refractivity contribution < 1.29 is 0 Å². The van der Waals surface area contributed by atoms with Crippen LogP contribution < -0.4 is 5.73 Å². The quantitative estimate of drug-likeness (QED) is 0.582. The molecule has 1 aromatic heterocycles. The average Bonchev–Trinajstić information content (AvgIpc) is 2.27. The first-order valence-corrected chi connectivity index (χ1v) is 4.43. The van der Waals surface area contributed by atoms with Gasteiger partial charge < -0.3 is 10.7 Å². The summed E-state index contributed by atoms with van der Waals surface area (Å²) in [5.41, 5.74) is 7.86. The number of imidazole rings is 1. The molecule has 10 heavy (non-hydrogen) atoms. The van der Waals surface area contributed by atoms with Crippen LogP contribution in [0, 0.1) is 0 Å². The summed E-state index contributed by atoms with van der Waals surface area (Å²) in [5, 5.41) is 0. The van der Waals surface area contributed by atoms with E-state index in [1.807, 2.05) is 11.8 Å². The standard InChI is InChI=1S/C6H9N3S/c7-6-8-4-1-2-10-3-5(4)9-6/h1-3H2,(H3,7,8,9). The Kier molecular flexibility index (Phi) is 1.34. The summed E-state index contributed by atoms with van der Waals surface area (Å²) < 4.78 is 0. The van der Waals surface area contributed by atoms with E-state index in [0.717, 1.165) is 17.9 Å². The van der Waals surface area contributed by atoms with Crippen molar-refractivity contribution in [1.82, 2.24) is 9.97 Å². The number of nitrogens with one attached hydrogen (secondary N) is 1. The van der Waals surface area contributed by atoms with Crippen LogP contribution in [0.15, 0.2) is 0 Å². The fraction of sp³-hybridized carbons (Fsp3) is 0.500. The first-order valence-electron chi connectivity index (χ1n) is 3.27. The van der Waals surface area contributed by atoms with Crippen LogP contribution in [0.2, 0.25) is 0 Å². The van der Waals surface area contributed by atoms with Gasteiger partial charge in [-0.15, -0.1) is 0 Å². The van der Waals surface area contributed by atoms with Crippen LogP contribution in [0.4, 0.5) is 5.95 Å². The molecule has 4 heteroatoms. The predicted octanol–water partition coefficient (Wildman–Crippen LogP) is 0.781. The molecule has 0 atom stereocenters. The summed E-state index contributed by atoms with van der Waals surface area (Å²) in [7, 11) is 0. The van der Waals surface area contributed by atoms with Gasteiger partial charge in [-0.1, -0.05) is 0 Å². The van der Waals surface area contributed by atoms with Crippen LogP contribution in [0.5, 0.6) is 0 Å². The molecule has 0 radical (unpaired) electrons. The topological polar surface area (TPSA) is 54.7 Å². The number of H-pyrrole nitrogens is 1. The van der Waals surface area contributed by atoms with Crippen molar-refractivity contribution in [3.63, 3.8) is 0 Å². The van der Waals surface area contributed by atoms with E-state index in [2.05, 4.69) is 9.97 Å². The van der Waals surface area contributed by atoms with Gasteiger partial charge in [0.05, 0.1) is 5.69 Å². The second-order valence-corrected chi connectivity index (χ2v) is 3.46. The zero-order chi connectivity index (χ0) is 6.97. The highest BCUT2D eigenvalue weighted by atomic mass is 32.2. The van der Waals surface area contributed by atoms with E-state index >= 15 is 0 Å².